The molecule has 0 saturated carbocycles. The first-order chi connectivity index (χ1) is 7.59. The number of phenols is 1. The minimum absolute atomic E-state index is 0.0870. The number of β-amino-alcohol motifs (C(OH)–C–C–N with tert-alkyl or cyclic N) is 1. The van der Waals surface area contributed by atoms with Crippen LogP contribution in [-0.2, 0) is 0 Å². The second-order valence-electron chi connectivity index (χ2n) is 3.99. The molecule has 0 bridgehead atoms. The Labute approximate surface area is 104 Å². The summed E-state index contributed by atoms with van der Waals surface area (Å²) in [7, 11) is 0. The zero-order chi connectivity index (χ0) is 11.7. The number of piperidine rings is 1. The van der Waals surface area contributed by atoms with Gasteiger partial charge in [0.2, 0.25) is 0 Å². The minimum atomic E-state index is -0.503. The molecule has 1 aliphatic rings. The van der Waals surface area contributed by atoms with Crippen molar-refractivity contribution in [1.29, 1.82) is 0 Å². The fourth-order valence-corrected chi connectivity index (χ4v) is 2.38. The summed E-state index contributed by atoms with van der Waals surface area (Å²) in [6, 6.07) is 3.06. The number of halogens is 2. The predicted octanol–water partition coefficient (Wildman–Crippen LogP) is 2.14. The first-order valence-corrected chi connectivity index (χ1v) is 5.92. The van der Waals surface area contributed by atoms with Gasteiger partial charge < -0.3 is 15.5 Å². The molecule has 2 unspecified atom stereocenters. The van der Waals surface area contributed by atoms with Crippen molar-refractivity contribution in [3.05, 3.63) is 27.7 Å². The molecule has 1 heterocycles. The molecule has 2 rings (SSSR count). The number of hydrogen-bond acceptors (Lipinski definition) is 3. The van der Waals surface area contributed by atoms with Crippen molar-refractivity contribution in [3.8, 4) is 5.75 Å². The summed E-state index contributed by atoms with van der Waals surface area (Å²) >= 11 is 11.7. The van der Waals surface area contributed by atoms with Gasteiger partial charge >= 0.3 is 0 Å². The Morgan fingerprint density at radius 2 is 1.94 bits per heavy atom. The third-order valence-corrected chi connectivity index (χ3v) is 3.64. The van der Waals surface area contributed by atoms with E-state index >= 15 is 0 Å². The quantitative estimate of drug-likeness (QED) is 0.726. The molecular formula is C11H13Cl2NO2. The molecule has 0 aromatic heterocycles. The molecule has 3 N–H and O–H groups in total. The van der Waals surface area contributed by atoms with Gasteiger partial charge in [-0.2, -0.15) is 0 Å². The molecule has 16 heavy (non-hydrogen) atoms. The maximum Gasteiger partial charge on any atom is 0.120 e. The Bertz CT molecular complexity index is 398. The summed E-state index contributed by atoms with van der Waals surface area (Å²) in [6.45, 7) is 1.35. The zero-order valence-corrected chi connectivity index (χ0v) is 10.1. The largest absolute Gasteiger partial charge is 0.508 e. The number of hydrogen-bond donors (Lipinski definition) is 3. The maximum atomic E-state index is 9.86. The lowest BCUT2D eigenvalue weighted by Gasteiger charge is -2.29. The number of aliphatic hydroxyl groups excluding tert-OH is 1. The van der Waals surface area contributed by atoms with Crippen LogP contribution in [0.5, 0.6) is 5.75 Å². The van der Waals surface area contributed by atoms with Gasteiger partial charge in [-0.1, -0.05) is 23.2 Å². The van der Waals surface area contributed by atoms with Crippen molar-refractivity contribution in [2.75, 3.05) is 13.1 Å². The molecule has 1 aliphatic heterocycles. The lowest BCUT2D eigenvalue weighted by Crippen LogP contribution is -2.39. The Kier molecular flexibility index (Phi) is 3.60. The van der Waals surface area contributed by atoms with Crippen molar-refractivity contribution >= 4 is 23.2 Å². The number of benzene rings is 1. The lowest BCUT2D eigenvalue weighted by molar-refractivity contribution is 0.117. The lowest BCUT2D eigenvalue weighted by atomic mass is 9.87. The van der Waals surface area contributed by atoms with E-state index in [1.165, 1.54) is 6.07 Å². The van der Waals surface area contributed by atoms with Gasteiger partial charge in [0.1, 0.15) is 5.75 Å². The standard InChI is InChI=1S/C11H13Cl2NO2/c12-8-3-7(10(15)4-9(8)13)6-1-2-14-5-11(6)16/h3-4,6,11,14-16H,1-2,5H2. The molecule has 3 nitrogen and oxygen atoms in total. The van der Waals surface area contributed by atoms with E-state index in [0.29, 0.717) is 22.2 Å². The van der Waals surface area contributed by atoms with E-state index in [1.54, 1.807) is 6.07 Å². The Morgan fingerprint density at radius 1 is 1.25 bits per heavy atom. The Balaban J connectivity index is 2.35. The molecule has 2 atom stereocenters. The van der Waals surface area contributed by atoms with Crippen molar-refractivity contribution in [3.63, 3.8) is 0 Å². The van der Waals surface area contributed by atoms with Crippen LogP contribution in [0.15, 0.2) is 12.1 Å². The van der Waals surface area contributed by atoms with Gasteiger partial charge in [-0.15, -0.1) is 0 Å². The molecule has 0 spiro atoms. The van der Waals surface area contributed by atoms with E-state index in [0.717, 1.165) is 13.0 Å². The Hall–Kier alpha value is -0.480. The summed E-state index contributed by atoms with van der Waals surface area (Å²) in [5.41, 5.74) is 0.670. The first-order valence-electron chi connectivity index (χ1n) is 5.16. The van der Waals surface area contributed by atoms with E-state index in [-0.39, 0.29) is 11.7 Å². The monoisotopic (exact) mass is 261 g/mol. The number of rotatable bonds is 1. The number of nitrogens with one attached hydrogen (secondary N) is 1. The average molecular weight is 262 g/mol. The molecule has 1 saturated heterocycles. The third-order valence-electron chi connectivity index (χ3n) is 2.92. The van der Waals surface area contributed by atoms with Crippen molar-refractivity contribution < 1.29 is 10.2 Å². The van der Waals surface area contributed by atoms with Gasteiger partial charge in [0.05, 0.1) is 16.1 Å². The molecule has 0 amide bonds. The fraction of sp³-hybridized carbons (Fsp3) is 0.455. The molecular weight excluding hydrogens is 249 g/mol. The van der Waals surface area contributed by atoms with Crippen LogP contribution in [0.3, 0.4) is 0 Å². The summed E-state index contributed by atoms with van der Waals surface area (Å²) in [5.74, 6) is 0.0105. The molecule has 1 aromatic rings. The van der Waals surface area contributed by atoms with Crippen molar-refractivity contribution in [2.24, 2.45) is 0 Å². The maximum absolute atomic E-state index is 9.86. The van der Waals surface area contributed by atoms with Crippen LogP contribution in [-0.4, -0.2) is 29.4 Å². The minimum Gasteiger partial charge on any atom is -0.508 e. The average Bonchev–Trinajstić information content (AvgIpc) is 2.25. The van der Waals surface area contributed by atoms with Gasteiger partial charge in [0.25, 0.3) is 0 Å². The van der Waals surface area contributed by atoms with E-state index < -0.39 is 6.10 Å². The first kappa shape index (κ1) is 12.0. The molecule has 0 radical (unpaired) electrons. The van der Waals surface area contributed by atoms with Crippen LogP contribution in [0, 0.1) is 0 Å². The zero-order valence-electron chi connectivity index (χ0n) is 8.58. The smallest absolute Gasteiger partial charge is 0.120 e. The van der Waals surface area contributed by atoms with E-state index in [9.17, 15) is 10.2 Å². The van der Waals surface area contributed by atoms with Gasteiger partial charge in [-0.25, -0.2) is 0 Å². The van der Waals surface area contributed by atoms with E-state index in [2.05, 4.69) is 5.32 Å². The number of aliphatic hydroxyl groups is 1. The topological polar surface area (TPSA) is 52.5 Å². The molecule has 1 aromatic carbocycles. The summed E-state index contributed by atoms with van der Waals surface area (Å²) in [5, 5.41) is 23.5. The number of aromatic hydroxyl groups is 1. The summed E-state index contributed by atoms with van der Waals surface area (Å²) < 4.78 is 0. The summed E-state index contributed by atoms with van der Waals surface area (Å²) in [6.07, 6.45) is 0.268. The van der Waals surface area contributed by atoms with Crippen molar-refractivity contribution in [2.45, 2.75) is 18.4 Å². The highest BCUT2D eigenvalue weighted by Crippen LogP contribution is 2.37. The SMILES string of the molecule is Oc1cc(Cl)c(Cl)cc1C1CCNCC1O. The van der Waals surface area contributed by atoms with Gasteiger partial charge in [-0.05, 0) is 19.0 Å². The van der Waals surface area contributed by atoms with Crippen LogP contribution >= 0.6 is 23.2 Å². The normalized spacial score (nSPS) is 25.7. The highest BCUT2D eigenvalue weighted by atomic mass is 35.5. The van der Waals surface area contributed by atoms with Crippen LogP contribution in [0.1, 0.15) is 17.9 Å². The van der Waals surface area contributed by atoms with E-state index in [1.807, 2.05) is 0 Å². The van der Waals surface area contributed by atoms with Gasteiger partial charge in [0.15, 0.2) is 0 Å². The highest BCUT2D eigenvalue weighted by molar-refractivity contribution is 6.42. The second-order valence-corrected chi connectivity index (χ2v) is 4.81. The van der Waals surface area contributed by atoms with Crippen LogP contribution in [0.4, 0.5) is 0 Å². The third kappa shape index (κ3) is 2.28. The van der Waals surface area contributed by atoms with E-state index in [4.69, 9.17) is 23.2 Å². The van der Waals surface area contributed by atoms with Crippen LogP contribution in [0.25, 0.3) is 0 Å². The molecule has 5 heteroatoms. The van der Waals surface area contributed by atoms with Crippen LogP contribution < -0.4 is 5.32 Å². The predicted molar refractivity (Wildman–Crippen MR) is 64.4 cm³/mol. The number of phenolic OH excluding ortho intramolecular Hbond substituents is 1. The molecule has 1 fully saturated rings. The van der Waals surface area contributed by atoms with Gasteiger partial charge in [-0.3, -0.25) is 0 Å². The van der Waals surface area contributed by atoms with Crippen LogP contribution in [0.2, 0.25) is 10.0 Å². The Morgan fingerprint density at radius 3 is 2.62 bits per heavy atom. The second kappa shape index (κ2) is 4.80. The molecule has 88 valence electrons. The highest BCUT2D eigenvalue weighted by Gasteiger charge is 2.27. The molecule has 0 aliphatic carbocycles. The van der Waals surface area contributed by atoms with Crippen molar-refractivity contribution in [1.82, 2.24) is 5.32 Å². The van der Waals surface area contributed by atoms with Gasteiger partial charge in [0, 0.05) is 24.1 Å². The fourth-order valence-electron chi connectivity index (χ4n) is 2.05. The summed E-state index contributed by atoms with van der Waals surface area (Å²) in [4.78, 5) is 0.